The molecular weight excluding hydrogens is 296 g/mol. The number of aromatic nitrogens is 1. The van der Waals surface area contributed by atoms with Crippen LogP contribution >= 0.6 is 0 Å². The summed E-state index contributed by atoms with van der Waals surface area (Å²) >= 11 is 0. The molecule has 0 spiro atoms. The van der Waals surface area contributed by atoms with Crippen LogP contribution in [0.2, 0.25) is 0 Å². The molecular formula is C17H18N2O4. The molecule has 0 aliphatic rings. The van der Waals surface area contributed by atoms with E-state index in [1.807, 2.05) is 18.2 Å². The number of carbonyl (C=O) groups excluding carboxylic acids is 1. The lowest BCUT2D eigenvalue weighted by Gasteiger charge is -2.07. The van der Waals surface area contributed by atoms with Crippen LogP contribution < -0.4 is 14.8 Å². The van der Waals surface area contributed by atoms with Crippen LogP contribution in [0.4, 0.5) is 0 Å². The number of nitrogens with zero attached hydrogens (tertiary/aromatic N) is 1. The molecule has 2 rings (SSSR count). The molecule has 1 amide bonds. The van der Waals surface area contributed by atoms with Gasteiger partial charge in [0.1, 0.15) is 17.9 Å². The Hall–Kier alpha value is -2.94. The highest BCUT2D eigenvalue weighted by atomic mass is 16.5. The minimum Gasteiger partial charge on any atom is -0.493 e. The van der Waals surface area contributed by atoms with Crippen LogP contribution in [-0.4, -0.2) is 31.3 Å². The number of nitrogens with one attached hydrogen (secondary N) is 1. The molecule has 23 heavy (non-hydrogen) atoms. The van der Waals surface area contributed by atoms with Crippen molar-refractivity contribution in [3.05, 3.63) is 41.3 Å². The molecule has 0 unspecified atom stereocenters. The highest BCUT2D eigenvalue weighted by Gasteiger charge is 2.16. The number of hydrogen-bond donors (Lipinski definition) is 1. The number of amides is 1. The predicted octanol–water partition coefficient (Wildman–Crippen LogP) is 2.11. The lowest BCUT2D eigenvalue weighted by molar-refractivity contribution is 0.0956. The molecule has 0 atom stereocenters. The first-order chi connectivity index (χ1) is 11.1. The molecule has 6 nitrogen and oxygen atoms in total. The molecule has 0 saturated carbocycles. The lowest BCUT2D eigenvalue weighted by atomic mass is 10.2. The summed E-state index contributed by atoms with van der Waals surface area (Å²) in [5.74, 6) is 7.19. The maximum absolute atomic E-state index is 12.0. The molecule has 1 aromatic carbocycles. The van der Waals surface area contributed by atoms with Crippen LogP contribution in [0.1, 0.15) is 21.8 Å². The fourth-order valence-electron chi connectivity index (χ4n) is 1.99. The quantitative estimate of drug-likeness (QED) is 0.856. The van der Waals surface area contributed by atoms with Crippen molar-refractivity contribution in [3.63, 3.8) is 0 Å². The second-order valence-corrected chi connectivity index (χ2v) is 4.67. The molecule has 0 saturated heterocycles. The Kier molecular flexibility index (Phi) is 5.64. The van der Waals surface area contributed by atoms with Crippen molar-refractivity contribution in [2.24, 2.45) is 0 Å². The Balaban J connectivity index is 1.79. The van der Waals surface area contributed by atoms with Gasteiger partial charge in [-0.25, -0.2) is 0 Å². The monoisotopic (exact) mass is 314 g/mol. The van der Waals surface area contributed by atoms with E-state index < -0.39 is 0 Å². The van der Waals surface area contributed by atoms with Gasteiger partial charge in [-0.05, 0) is 26.0 Å². The third-order valence-electron chi connectivity index (χ3n) is 3.09. The van der Waals surface area contributed by atoms with Gasteiger partial charge < -0.3 is 19.3 Å². The lowest BCUT2D eigenvalue weighted by Crippen LogP contribution is -2.24. The summed E-state index contributed by atoms with van der Waals surface area (Å²) in [7, 11) is 1.58. The number of para-hydroxylation sites is 2. The fourth-order valence-corrected chi connectivity index (χ4v) is 1.99. The smallest absolute Gasteiger partial charge is 0.257 e. The van der Waals surface area contributed by atoms with Crippen LogP contribution in [0.15, 0.2) is 28.8 Å². The molecule has 6 heteroatoms. The number of carbonyl (C=O) groups is 1. The molecule has 120 valence electrons. The summed E-state index contributed by atoms with van der Waals surface area (Å²) in [5, 5.41) is 6.44. The van der Waals surface area contributed by atoms with Crippen molar-refractivity contribution >= 4 is 5.91 Å². The number of rotatable bonds is 5. The first-order valence-electron chi connectivity index (χ1n) is 7.06. The summed E-state index contributed by atoms with van der Waals surface area (Å²) in [6.45, 7) is 3.85. The SMILES string of the molecule is COc1ccccc1OCC#CCNC(=O)c1c(C)noc1C. The summed E-state index contributed by atoms with van der Waals surface area (Å²) < 4.78 is 15.6. The molecule has 2 aromatic rings. The average Bonchev–Trinajstić information content (AvgIpc) is 2.89. The van der Waals surface area contributed by atoms with Gasteiger partial charge in [-0.1, -0.05) is 29.1 Å². The topological polar surface area (TPSA) is 73.6 Å². The Bertz CT molecular complexity index is 721. The molecule has 0 radical (unpaired) electrons. The number of ether oxygens (including phenoxy) is 2. The van der Waals surface area contributed by atoms with E-state index in [0.717, 1.165) is 0 Å². The van der Waals surface area contributed by atoms with Gasteiger partial charge in [0.2, 0.25) is 0 Å². The van der Waals surface area contributed by atoms with Gasteiger partial charge >= 0.3 is 0 Å². The largest absolute Gasteiger partial charge is 0.493 e. The molecule has 0 aliphatic carbocycles. The van der Waals surface area contributed by atoms with Crippen molar-refractivity contribution in [1.29, 1.82) is 0 Å². The van der Waals surface area contributed by atoms with Gasteiger partial charge in [0, 0.05) is 0 Å². The number of hydrogen-bond acceptors (Lipinski definition) is 5. The first kappa shape index (κ1) is 16.4. The molecule has 1 N–H and O–H groups in total. The van der Waals surface area contributed by atoms with Gasteiger partial charge in [-0.3, -0.25) is 4.79 Å². The highest BCUT2D eigenvalue weighted by Crippen LogP contribution is 2.25. The highest BCUT2D eigenvalue weighted by molar-refractivity contribution is 5.96. The van der Waals surface area contributed by atoms with Gasteiger partial charge in [0.15, 0.2) is 11.5 Å². The fraction of sp³-hybridized carbons (Fsp3) is 0.294. The second kappa shape index (κ2) is 7.90. The van der Waals surface area contributed by atoms with Crippen molar-refractivity contribution < 1.29 is 18.8 Å². The zero-order valence-corrected chi connectivity index (χ0v) is 13.3. The predicted molar refractivity (Wildman–Crippen MR) is 84.6 cm³/mol. The summed E-state index contributed by atoms with van der Waals surface area (Å²) in [6, 6.07) is 7.34. The molecule has 0 aliphatic heterocycles. The van der Waals surface area contributed by atoms with Crippen LogP contribution in [0.5, 0.6) is 11.5 Å². The van der Waals surface area contributed by atoms with E-state index >= 15 is 0 Å². The van der Waals surface area contributed by atoms with E-state index in [4.69, 9.17) is 14.0 Å². The summed E-state index contributed by atoms with van der Waals surface area (Å²) in [4.78, 5) is 12.0. The third-order valence-corrected chi connectivity index (χ3v) is 3.09. The van der Waals surface area contributed by atoms with Crippen molar-refractivity contribution in [2.45, 2.75) is 13.8 Å². The third kappa shape index (κ3) is 4.27. The molecule has 1 heterocycles. The Morgan fingerprint density at radius 3 is 2.65 bits per heavy atom. The van der Waals surface area contributed by atoms with E-state index in [2.05, 4.69) is 22.3 Å². The zero-order valence-electron chi connectivity index (χ0n) is 13.3. The van der Waals surface area contributed by atoms with Gasteiger partial charge in [0.25, 0.3) is 5.91 Å². The van der Waals surface area contributed by atoms with Crippen molar-refractivity contribution in [2.75, 3.05) is 20.3 Å². The Labute approximate surface area is 134 Å². The molecule has 0 bridgehead atoms. The maximum Gasteiger partial charge on any atom is 0.257 e. The molecule has 0 fully saturated rings. The van der Waals surface area contributed by atoms with E-state index in [-0.39, 0.29) is 19.1 Å². The zero-order chi connectivity index (χ0) is 16.7. The standard InChI is InChI=1S/C17H18N2O4/c1-12-16(13(2)23-19-12)17(20)18-10-6-7-11-22-15-9-5-4-8-14(15)21-3/h4-5,8-9H,10-11H2,1-3H3,(H,18,20). The Morgan fingerprint density at radius 1 is 1.26 bits per heavy atom. The van der Waals surface area contributed by atoms with Gasteiger partial charge in [0.05, 0.1) is 19.3 Å². The first-order valence-corrected chi connectivity index (χ1v) is 7.06. The summed E-state index contributed by atoms with van der Waals surface area (Å²) in [6.07, 6.45) is 0. The normalized spacial score (nSPS) is 9.70. The summed E-state index contributed by atoms with van der Waals surface area (Å²) in [5.41, 5.74) is 1.02. The van der Waals surface area contributed by atoms with Crippen LogP contribution in [0.25, 0.3) is 0 Å². The van der Waals surface area contributed by atoms with E-state index in [0.29, 0.717) is 28.5 Å². The molecule has 1 aromatic heterocycles. The second-order valence-electron chi connectivity index (χ2n) is 4.67. The minimum absolute atomic E-state index is 0.210. The van der Waals surface area contributed by atoms with E-state index in [9.17, 15) is 4.79 Å². The van der Waals surface area contributed by atoms with E-state index in [1.54, 1.807) is 27.0 Å². The number of aryl methyl sites for hydroxylation is 2. The average molecular weight is 314 g/mol. The van der Waals surface area contributed by atoms with Crippen LogP contribution in [0, 0.1) is 25.7 Å². The Morgan fingerprint density at radius 2 is 2.00 bits per heavy atom. The van der Waals surface area contributed by atoms with Crippen LogP contribution in [-0.2, 0) is 0 Å². The minimum atomic E-state index is -0.249. The van der Waals surface area contributed by atoms with Gasteiger partial charge in [-0.15, -0.1) is 0 Å². The van der Waals surface area contributed by atoms with Gasteiger partial charge in [-0.2, -0.15) is 0 Å². The van der Waals surface area contributed by atoms with Crippen LogP contribution in [0.3, 0.4) is 0 Å². The van der Waals surface area contributed by atoms with E-state index in [1.165, 1.54) is 0 Å². The maximum atomic E-state index is 12.0. The number of benzene rings is 1. The van der Waals surface area contributed by atoms with Crippen molar-refractivity contribution in [1.82, 2.24) is 10.5 Å². The van der Waals surface area contributed by atoms with Crippen molar-refractivity contribution in [3.8, 4) is 23.3 Å². The number of methoxy groups -OCH3 is 1.